The molecule has 1 fully saturated rings. The molecule has 2 aromatic rings. The van der Waals surface area contributed by atoms with Crippen molar-refractivity contribution in [2.45, 2.75) is 32.0 Å². The van der Waals surface area contributed by atoms with Crippen LogP contribution in [0.1, 0.15) is 6.92 Å². The first-order valence-corrected chi connectivity index (χ1v) is 9.52. The van der Waals surface area contributed by atoms with Gasteiger partial charge in [0.25, 0.3) is 6.43 Å². The molecule has 2 aliphatic rings. The van der Waals surface area contributed by atoms with Crippen molar-refractivity contribution in [3.63, 3.8) is 0 Å². The molecule has 3 N–H and O–H groups in total. The highest BCUT2D eigenvalue weighted by Gasteiger charge is 2.42. The summed E-state index contributed by atoms with van der Waals surface area (Å²) in [7, 11) is 1.46. The lowest BCUT2D eigenvalue weighted by atomic mass is 10.1. The number of cyclic esters (lactones) is 1. The first-order valence-electron chi connectivity index (χ1n) is 9.52. The molecule has 0 radical (unpaired) electrons. The van der Waals surface area contributed by atoms with Crippen LogP contribution in [0.15, 0.2) is 18.3 Å². The predicted molar refractivity (Wildman–Crippen MR) is 106 cm³/mol. The second-order valence-corrected chi connectivity index (χ2v) is 7.13. The van der Waals surface area contributed by atoms with E-state index in [2.05, 4.69) is 10.3 Å². The lowest BCUT2D eigenvalue weighted by Gasteiger charge is -2.18. The molecule has 3 heterocycles. The molecular formula is C19H21F2N5O5. The Balaban J connectivity index is 1.77. The zero-order valence-electron chi connectivity index (χ0n) is 16.8. The van der Waals surface area contributed by atoms with Gasteiger partial charge in [0.15, 0.2) is 5.82 Å². The van der Waals surface area contributed by atoms with Crippen molar-refractivity contribution < 1.29 is 32.6 Å². The molecule has 4 rings (SSSR count). The topological polar surface area (TPSA) is 121 Å². The van der Waals surface area contributed by atoms with Crippen LogP contribution in [-0.4, -0.2) is 60.4 Å². The van der Waals surface area contributed by atoms with Crippen LogP contribution in [0.25, 0.3) is 11.4 Å². The Morgan fingerprint density at radius 2 is 2.16 bits per heavy atom. The molecule has 0 bridgehead atoms. The van der Waals surface area contributed by atoms with Crippen molar-refractivity contribution >= 4 is 23.5 Å². The fourth-order valence-electron chi connectivity index (χ4n) is 3.52. The maximum Gasteiger partial charge on any atom is 0.416 e. The number of halogens is 2. The maximum atomic E-state index is 13.4. The summed E-state index contributed by atoms with van der Waals surface area (Å²) in [6.45, 7) is 1.84. The molecule has 0 spiro atoms. The number of aromatic nitrogens is 2. The predicted octanol–water partition coefficient (Wildman–Crippen LogP) is 1.83. The quantitative estimate of drug-likeness (QED) is 0.707. The zero-order valence-corrected chi connectivity index (χ0v) is 16.8. The van der Waals surface area contributed by atoms with Crippen LogP contribution in [-0.2, 0) is 16.1 Å². The van der Waals surface area contributed by atoms with E-state index in [0.717, 1.165) is 4.90 Å². The molecule has 1 saturated heterocycles. The second kappa shape index (κ2) is 7.93. The number of hydrogen-bond acceptors (Lipinski definition) is 7. The highest BCUT2D eigenvalue weighted by Crippen LogP contribution is 2.43. The summed E-state index contributed by atoms with van der Waals surface area (Å²) < 4.78 is 44.6. The van der Waals surface area contributed by atoms with E-state index in [9.17, 15) is 18.4 Å². The van der Waals surface area contributed by atoms with Gasteiger partial charge in [0.05, 0.1) is 13.7 Å². The number of rotatable bonds is 6. The van der Waals surface area contributed by atoms with Crippen LogP contribution >= 0.6 is 0 Å². The number of nitrogens with two attached hydrogens (primary N) is 1. The maximum absolute atomic E-state index is 13.4. The number of benzene rings is 1. The molecule has 1 aromatic carbocycles. The van der Waals surface area contributed by atoms with Gasteiger partial charge in [-0.25, -0.2) is 23.5 Å². The van der Waals surface area contributed by atoms with E-state index >= 15 is 0 Å². The summed E-state index contributed by atoms with van der Waals surface area (Å²) in [4.78, 5) is 28.8. The molecule has 10 nitrogen and oxygen atoms in total. The number of methoxy groups -OCH3 is 1. The van der Waals surface area contributed by atoms with E-state index in [1.807, 2.05) is 0 Å². The average molecular weight is 437 g/mol. The van der Waals surface area contributed by atoms with Gasteiger partial charge in [0, 0.05) is 24.0 Å². The Kier molecular flexibility index (Phi) is 5.29. The number of fused-ring (bicyclic) bond motifs is 3. The van der Waals surface area contributed by atoms with Gasteiger partial charge in [0.2, 0.25) is 5.91 Å². The first-order chi connectivity index (χ1) is 14.8. The lowest BCUT2D eigenvalue weighted by molar-refractivity contribution is -0.118. The van der Waals surface area contributed by atoms with Crippen molar-refractivity contribution in [2.24, 2.45) is 5.73 Å². The Morgan fingerprint density at radius 1 is 1.39 bits per heavy atom. The first kappa shape index (κ1) is 20.7. The summed E-state index contributed by atoms with van der Waals surface area (Å²) in [5, 5.41) is 2.97. The third-order valence-corrected chi connectivity index (χ3v) is 5.12. The van der Waals surface area contributed by atoms with Crippen LogP contribution in [0.3, 0.4) is 0 Å². The number of carbonyl (C=O) groups excluding carboxylic acids is 2. The van der Waals surface area contributed by atoms with E-state index < -0.39 is 37.1 Å². The molecule has 2 aliphatic heterocycles. The minimum absolute atomic E-state index is 0.0576. The monoisotopic (exact) mass is 437 g/mol. The Morgan fingerprint density at radius 3 is 2.84 bits per heavy atom. The third kappa shape index (κ3) is 3.68. The molecule has 0 aliphatic carbocycles. The number of nitrogens with zero attached hydrogens (tertiary/aromatic N) is 3. The van der Waals surface area contributed by atoms with Gasteiger partial charge >= 0.3 is 6.09 Å². The lowest BCUT2D eigenvalue weighted by Crippen LogP contribution is -2.38. The standard InChI is InChI=1S/C19H21F2N5O5/c1-9(17(22)27)23-10-5-12(29-2)15-13(6-10)30-4-3-25-7-14(24-18(15)25)26-11(16(20)21)8-31-19(26)28/h5-7,9,11,16,23H,3-4,8H2,1-2H3,(H2,22,27)/t9-,11-/m0/s1. The number of primary amides is 1. The fraction of sp³-hybridized carbons (Fsp3) is 0.421. The van der Waals surface area contributed by atoms with Gasteiger partial charge < -0.3 is 29.8 Å². The number of imidazole rings is 1. The number of carbonyl (C=O) groups is 2. The van der Waals surface area contributed by atoms with Gasteiger partial charge in [-0.3, -0.25) is 4.79 Å². The molecule has 2 atom stereocenters. The van der Waals surface area contributed by atoms with Crippen LogP contribution in [0.5, 0.6) is 11.5 Å². The van der Waals surface area contributed by atoms with E-state index in [4.69, 9.17) is 19.9 Å². The second-order valence-electron chi connectivity index (χ2n) is 7.13. The summed E-state index contributed by atoms with van der Waals surface area (Å²) >= 11 is 0. The molecule has 1 aromatic heterocycles. The highest BCUT2D eigenvalue weighted by atomic mass is 19.3. The van der Waals surface area contributed by atoms with Crippen molar-refractivity contribution in [1.29, 1.82) is 0 Å². The third-order valence-electron chi connectivity index (χ3n) is 5.12. The van der Waals surface area contributed by atoms with Gasteiger partial charge in [0.1, 0.15) is 48.2 Å². The molecular weight excluding hydrogens is 416 g/mol. The average Bonchev–Trinajstić information content (AvgIpc) is 3.26. The Labute approximate surface area is 175 Å². The van der Waals surface area contributed by atoms with Gasteiger partial charge in [-0.1, -0.05) is 0 Å². The SMILES string of the molecule is COc1cc(N[C@@H](C)C(N)=O)cc2c1-c1nc(N3C(=O)OC[C@H]3C(F)F)cn1CCO2. The van der Waals surface area contributed by atoms with Crippen LogP contribution in [0.2, 0.25) is 0 Å². The number of alkyl halides is 2. The fourth-order valence-corrected chi connectivity index (χ4v) is 3.52. The van der Waals surface area contributed by atoms with Crippen molar-refractivity contribution in [1.82, 2.24) is 9.55 Å². The molecule has 0 unspecified atom stereocenters. The number of nitrogens with one attached hydrogen (secondary N) is 1. The van der Waals surface area contributed by atoms with Crippen molar-refractivity contribution in [2.75, 3.05) is 30.5 Å². The number of anilines is 2. The van der Waals surface area contributed by atoms with Crippen molar-refractivity contribution in [3.05, 3.63) is 18.3 Å². The number of hydrogen-bond donors (Lipinski definition) is 2. The van der Waals surface area contributed by atoms with Crippen molar-refractivity contribution in [3.8, 4) is 22.9 Å². The Hall–Kier alpha value is -3.57. The van der Waals surface area contributed by atoms with E-state index in [1.165, 1.54) is 13.3 Å². The molecule has 2 amide bonds. The van der Waals surface area contributed by atoms with E-state index in [1.54, 1.807) is 23.6 Å². The van der Waals surface area contributed by atoms with E-state index in [-0.39, 0.29) is 12.4 Å². The largest absolute Gasteiger partial charge is 0.496 e. The molecule has 12 heteroatoms. The number of amides is 2. The molecule has 0 saturated carbocycles. The Bertz CT molecular complexity index is 1030. The van der Waals surface area contributed by atoms with Crippen LogP contribution in [0, 0.1) is 0 Å². The summed E-state index contributed by atoms with van der Waals surface area (Å²) in [6, 6.07) is 1.28. The normalized spacial score (nSPS) is 18.5. The van der Waals surface area contributed by atoms with Gasteiger partial charge in [-0.2, -0.15) is 0 Å². The summed E-state index contributed by atoms with van der Waals surface area (Å²) in [6.07, 6.45) is -2.14. The minimum atomic E-state index is -2.78. The molecule has 166 valence electrons. The molecule has 31 heavy (non-hydrogen) atoms. The van der Waals surface area contributed by atoms with Gasteiger partial charge in [-0.05, 0) is 6.92 Å². The highest BCUT2D eigenvalue weighted by molar-refractivity contribution is 5.90. The zero-order chi connectivity index (χ0) is 22.3. The van der Waals surface area contributed by atoms with Gasteiger partial charge in [-0.15, -0.1) is 0 Å². The summed E-state index contributed by atoms with van der Waals surface area (Å²) in [5.41, 5.74) is 6.35. The summed E-state index contributed by atoms with van der Waals surface area (Å²) in [5.74, 6) is 0.722. The smallest absolute Gasteiger partial charge is 0.416 e. The van der Waals surface area contributed by atoms with Crippen LogP contribution in [0.4, 0.5) is 25.1 Å². The van der Waals surface area contributed by atoms with Crippen LogP contribution < -0.4 is 25.4 Å². The minimum Gasteiger partial charge on any atom is -0.496 e. The van der Waals surface area contributed by atoms with E-state index in [0.29, 0.717) is 35.1 Å². The number of ether oxygens (including phenoxy) is 3.